The van der Waals surface area contributed by atoms with Crippen molar-refractivity contribution in [3.05, 3.63) is 39.2 Å². The van der Waals surface area contributed by atoms with Crippen molar-refractivity contribution in [2.75, 3.05) is 6.54 Å². The second kappa shape index (κ2) is 5.87. The predicted molar refractivity (Wildman–Crippen MR) is 73.3 cm³/mol. The zero-order chi connectivity index (χ0) is 14.7. The Hall–Kier alpha value is -2.15. The second-order valence-electron chi connectivity index (χ2n) is 4.31. The van der Waals surface area contributed by atoms with Crippen molar-refractivity contribution in [1.29, 1.82) is 0 Å². The molecule has 0 aromatic carbocycles. The van der Waals surface area contributed by atoms with Crippen LogP contribution in [0, 0.1) is 13.8 Å². The van der Waals surface area contributed by atoms with Crippen LogP contribution in [0.15, 0.2) is 15.9 Å². The van der Waals surface area contributed by atoms with E-state index in [1.54, 1.807) is 13.0 Å². The van der Waals surface area contributed by atoms with E-state index in [1.165, 1.54) is 16.7 Å². The summed E-state index contributed by atoms with van der Waals surface area (Å²) < 4.78 is 5.31. The van der Waals surface area contributed by atoms with E-state index in [0.717, 1.165) is 5.56 Å². The van der Waals surface area contributed by atoms with Gasteiger partial charge in [0.25, 0.3) is 5.91 Å². The van der Waals surface area contributed by atoms with Crippen molar-refractivity contribution in [1.82, 2.24) is 10.3 Å². The number of rotatable bonds is 5. The van der Waals surface area contributed by atoms with E-state index in [1.807, 2.05) is 6.92 Å². The molecule has 6 nitrogen and oxygen atoms in total. The van der Waals surface area contributed by atoms with Gasteiger partial charge in [-0.25, -0.2) is 9.78 Å². The normalized spacial score (nSPS) is 10.5. The molecule has 0 saturated carbocycles. The maximum absolute atomic E-state index is 11.9. The molecular formula is C13H14N2O4S. The number of hydrogen-bond donors (Lipinski definition) is 2. The van der Waals surface area contributed by atoms with Crippen molar-refractivity contribution in [2.24, 2.45) is 0 Å². The molecule has 106 valence electrons. The predicted octanol–water partition coefficient (Wildman–Crippen LogP) is 2.02. The zero-order valence-corrected chi connectivity index (χ0v) is 11.9. The fourth-order valence-corrected chi connectivity index (χ4v) is 2.53. The van der Waals surface area contributed by atoms with Gasteiger partial charge in [0, 0.05) is 23.9 Å². The highest BCUT2D eigenvalue weighted by molar-refractivity contribution is 7.09. The third kappa shape index (κ3) is 3.24. The quantitative estimate of drug-likeness (QED) is 0.880. The summed E-state index contributed by atoms with van der Waals surface area (Å²) in [7, 11) is 0. The number of aryl methyl sites for hydroxylation is 2. The van der Waals surface area contributed by atoms with E-state index in [-0.39, 0.29) is 11.6 Å². The highest BCUT2D eigenvalue weighted by atomic mass is 32.1. The number of nitrogens with one attached hydrogen (secondary N) is 1. The summed E-state index contributed by atoms with van der Waals surface area (Å²) in [6, 6.07) is 1.80. The largest absolute Gasteiger partial charge is 0.476 e. The number of aromatic nitrogens is 1. The Morgan fingerprint density at radius 3 is 2.75 bits per heavy atom. The van der Waals surface area contributed by atoms with E-state index in [9.17, 15) is 9.59 Å². The number of nitrogens with zero attached hydrogens (tertiary/aromatic N) is 1. The standard InChI is InChI=1S/C13H14N2O4S/c1-7-5-8(2)19-11(7)12(16)14-4-3-10-15-9(6-20-10)13(17)18/h5-6H,3-4H2,1-2H3,(H,14,16)(H,17,18). The molecule has 2 heterocycles. The highest BCUT2D eigenvalue weighted by Crippen LogP contribution is 2.13. The average molecular weight is 294 g/mol. The molecule has 0 fully saturated rings. The summed E-state index contributed by atoms with van der Waals surface area (Å²) >= 11 is 1.27. The molecule has 0 radical (unpaired) electrons. The average Bonchev–Trinajstić information content (AvgIpc) is 2.96. The van der Waals surface area contributed by atoms with Crippen LogP contribution in [0.4, 0.5) is 0 Å². The molecule has 0 aliphatic carbocycles. The van der Waals surface area contributed by atoms with Crippen LogP contribution in [0.5, 0.6) is 0 Å². The summed E-state index contributed by atoms with van der Waals surface area (Å²) in [5.41, 5.74) is 0.830. The number of amides is 1. The van der Waals surface area contributed by atoms with Gasteiger partial charge < -0.3 is 14.8 Å². The van der Waals surface area contributed by atoms with Crippen LogP contribution >= 0.6 is 11.3 Å². The maximum Gasteiger partial charge on any atom is 0.355 e. The molecule has 0 unspecified atom stereocenters. The summed E-state index contributed by atoms with van der Waals surface area (Å²) in [6.45, 7) is 3.97. The Labute approximate surface area is 119 Å². The van der Waals surface area contributed by atoms with Crippen molar-refractivity contribution in [2.45, 2.75) is 20.3 Å². The number of carbonyl (C=O) groups is 2. The van der Waals surface area contributed by atoms with Gasteiger partial charge in [-0.2, -0.15) is 0 Å². The first-order chi connectivity index (χ1) is 9.47. The monoisotopic (exact) mass is 294 g/mol. The number of aromatic carboxylic acids is 1. The van der Waals surface area contributed by atoms with Crippen molar-refractivity contribution in [3.63, 3.8) is 0 Å². The van der Waals surface area contributed by atoms with Gasteiger partial charge in [0.1, 0.15) is 5.76 Å². The highest BCUT2D eigenvalue weighted by Gasteiger charge is 2.14. The number of carboxylic acid groups (broad SMARTS) is 1. The minimum Gasteiger partial charge on any atom is -0.476 e. The molecule has 0 bridgehead atoms. The Balaban J connectivity index is 1.87. The van der Waals surface area contributed by atoms with Gasteiger partial charge in [0.2, 0.25) is 0 Å². The van der Waals surface area contributed by atoms with Crippen molar-refractivity contribution < 1.29 is 19.1 Å². The molecule has 0 atom stereocenters. The SMILES string of the molecule is Cc1cc(C)c(C(=O)NCCc2nc(C(=O)O)cs2)o1. The lowest BCUT2D eigenvalue weighted by Crippen LogP contribution is -2.25. The molecular weight excluding hydrogens is 280 g/mol. The van der Waals surface area contributed by atoms with E-state index in [2.05, 4.69) is 10.3 Å². The van der Waals surface area contributed by atoms with Crippen LogP contribution < -0.4 is 5.32 Å². The van der Waals surface area contributed by atoms with Crippen LogP contribution in [0.1, 0.15) is 37.4 Å². The first-order valence-electron chi connectivity index (χ1n) is 6.00. The molecule has 2 rings (SSSR count). The summed E-state index contributed by atoms with van der Waals surface area (Å²) in [5.74, 6) is -0.310. The molecule has 20 heavy (non-hydrogen) atoms. The van der Waals surface area contributed by atoms with Crippen LogP contribution in [-0.2, 0) is 6.42 Å². The molecule has 7 heteroatoms. The Bertz CT molecular complexity index is 645. The van der Waals surface area contributed by atoms with E-state index < -0.39 is 5.97 Å². The van der Waals surface area contributed by atoms with Crippen molar-refractivity contribution in [3.8, 4) is 0 Å². The number of furan rings is 1. The summed E-state index contributed by atoms with van der Waals surface area (Å²) in [5, 5.41) is 13.6. The topological polar surface area (TPSA) is 92.4 Å². The van der Waals surface area contributed by atoms with Crippen LogP contribution in [-0.4, -0.2) is 28.5 Å². The first-order valence-corrected chi connectivity index (χ1v) is 6.88. The Kier molecular flexibility index (Phi) is 4.19. The molecule has 0 spiro atoms. The van der Waals surface area contributed by atoms with Crippen molar-refractivity contribution >= 4 is 23.2 Å². The van der Waals surface area contributed by atoms with Crippen LogP contribution in [0.2, 0.25) is 0 Å². The Morgan fingerprint density at radius 1 is 1.45 bits per heavy atom. The molecule has 0 aliphatic heterocycles. The van der Waals surface area contributed by atoms with Gasteiger partial charge in [-0.1, -0.05) is 0 Å². The third-order valence-electron chi connectivity index (χ3n) is 2.64. The number of thiazole rings is 1. The second-order valence-corrected chi connectivity index (χ2v) is 5.25. The van der Waals surface area contributed by atoms with Crippen LogP contribution in [0.3, 0.4) is 0 Å². The Morgan fingerprint density at radius 2 is 2.20 bits per heavy atom. The van der Waals surface area contributed by atoms with Gasteiger partial charge in [-0.15, -0.1) is 11.3 Å². The molecule has 2 aromatic heterocycles. The van der Waals surface area contributed by atoms with Gasteiger partial charge in [-0.3, -0.25) is 4.79 Å². The maximum atomic E-state index is 11.9. The van der Waals surface area contributed by atoms with E-state index in [4.69, 9.17) is 9.52 Å². The number of hydrogen-bond acceptors (Lipinski definition) is 5. The van der Waals surface area contributed by atoms with Gasteiger partial charge >= 0.3 is 5.97 Å². The van der Waals surface area contributed by atoms with Gasteiger partial charge in [0.05, 0.1) is 5.01 Å². The molecule has 2 aromatic rings. The molecule has 0 saturated heterocycles. The number of carboxylic acids is 1. The van der Waals surface area contributed by atoms with E-state index >= 15 is 0 Å². The smallest absolute Gasteiger partial charge is 0.355 e. The van der Waals surface area contributed by atoms with Gasteiger partial charge in [-0.05, 0) is 19.9 Å². The lowest BCUT2D eigenvalue weighted by Gasteiger charge is -2.02. The first kappa shape index (κ1) is 14.3. The minimum absolute atomic E-state index is 0.0360. The summed E-state index contributed by atoms with van der Waals surface area (Å²) in [6.07, 6.45) is 0.489. The third-order valence-corrected chi connectivity index (χ3v) is 3.55. The molecule has 2 N–H and O–H groups in total. The van der Waals surface area contributed by atoms with Crippen LogP contribution in [0.25, 0.3) is 0 Å². The van der Waals surface area contributed by atoms with E-state index in [0.29, 0.717) is 29.5 Å². The summed E-state index contributed by atoms with van der Waals surface area (Å²) in [4.78, 5) is 26.5. The molecule has 0 aliphatic rings. The number of carbonyl (C=O) groups excluding carboxylic acids is 1. The fraction of sp³-hybridized carbons (Fsp3) is 0.308. The lowest BCUT2D eigenvalue weighted by molar-refractivity contribution is 0.0690. The fourth-order valence-electron chi connectivity index (χ4n) is 1.75. The minimum atomic E-state index is -1.04. The molecule has 1 amide bonds. The zero-order valence-electron chi connectivity index (χ0n) is 11.1. The lowest BCUT2D eigenvalue weighted by atomic mass is 10.2. The van der Waals surface area contributed by atoms with Gasteiger partial charge in [0.15, 0.2) is 11.5 Å².